The van der Waals surface area contributed by atoms with Gasteiger partial charge in [0.05, 0.1) is 5.69 Å². The van der Waals surface area contributed by atoms with Gasteiger partial charge in [-0.25, -0.2) is 4.98 Å². The lowest BCUT2D eigenvalue weighted by atomic mass is 10.3. The van der Waals surface area contributed by atoms with E-state index >= 15 is 0 Å². The van der Waals surface area contributed by atoms with E-state index in [0.29, 0.717) is 16.4 Å². The summed E-state index contributed by atoms with van der Waals surface area (Å²) in [5.74, 6) is -0.365. The highest BCUT2D eigenvalue weighted by Crippen LogP contribution is 2.25. The number of ether oxygens (including phenoxy) is 1. The molecule has 1 atom stereocenters. The van der Waals surface area contributed by atoms with Gasteiger partial charge in [-0.1, -0.05) is 17.7 Å². The lowest BCUT2D eigenvalue weighted by Crippen LogP contribution is -2.20. The maximum absolute atomic E-state index is 12.2. The number of hydrogen-bond acceptors (Lipinski definition) is 5. The van der Waals surface area contributed by atoms with Crippen LogP contribution >= 0.6 is 23.4 Å². The molecule has 26 heavy (non-hydrogen) atoms. The number of benzene rings is 1. The summed E-state index contributed by atoms with van der Waals surface area (Å²) in [5, 5.41) is 0.258. The summed E-state index contributed by atoms with van der Waals surface area (Å²) in [5.41, 5.74) is 1.57. The Bertz CT molecular complexity index is 1000. The molecule has 0 bridgehead atoms. The van der Waals surface area contributed by atoms with Gasteiger partial charge in [0, 0.05) is 21.7 Å². The predicted molar refractivity (Wildman–Crippen MR) is 103 cm³/mol. The zero-order valence-electron chi connectivity index (χ0n) is 14.3. The molecule has 0 spiro atoms. The molecule has 0 saturated heterocycles. The minimum absolute atomic E-state index is 0.0377. The van der Waals surface area contributed by atoms with Crippen LogP contribution in [0.2, 0.25) is 5.02 Å². The molecule has 5 nitrogen and oxygen atoms in total. The van der Waals surface area contributed by atoms with Crippen molar-refractivity contribution in [2.24, 2.45) is 0 Å². The van der Waals surface area contributed by atoms with Crippen LogP contribution in [0, 0.1) is 6.92 Å². The summed E-state index contributed by atoms with van der Waals surface area (Å²) in [7, 11) is 0. The van der Waals surface area contributed by atoms with Crippen LogP contribution in [0.4, 0.5) is 0 Å². The number of halogens is 1. The van der Waals surface area contributed by atoms with Crippen molar-refractivity contribution >= 4 is 35.0 Å². The van der Waals surface area contributed by atoms with E-state index in [2.05, 4.69) is 4.98 Å². The number of fused-ring (bicyclic) bond motifs is 1. The third-order valence-electron chi connectivity index (χ3n) is 3.75. The molecule has 0 aliphatic heterocycles. The molecule has 0 saturated carbocycles. The van der Waals surface area contributed by atoms with Gasteiger partial charge in [-0.2, -0.15) is 0 Å². The molecular weight excluding hydrogens is 372 g/mol. The van der Waals surface area contributed by atoms with E-state index in [1.807, 2.05) is 31.2 Å². The van der Waals surface area contributed by atoms with Crippen molar-refractivity contribution in [2.75, 3.05) is 0 Å². The Morgan fingerprint density at radius 1 is 1.27 bits per heavy atom. The fourth-order valence-corrected chi connectivity index (χ4v) is 3.46. The van der Waals surface area contributed by atoms with Crippen LogP contribution in [0.1, 0.15) is 18.3 Å². The van der Waals surface area contributed by atoms with Gasteiger partial charge in [-0.3, -0.25) is 14.0 Å². The average Bonchev–Trinajstić information content (AvgIpc) is 2.61. The summed E-state index contributed by atoms with van der Waals surface area (Å²) in [4.78, 5) is 29.8. The van der Waals surface area contributed by atoms with Crippen LogP contribution in [-0.2, 0) is 16.1 Å². The van der Waals surface area contributed by atoms with E-state index in [-0.39, 0.29) is 23.4 Å². The van der Waals surface area contributed by atoms with Crippen molar-refractivity contribution < 1.29 is 9.53 Å². The zero-order valence-corrected chi connectivity index (χ0v) is 15.9. The summed E-state index contributed by atoms with van der Waals surface area (Å²) < 4.78 is 6.84. The number of nitrogens with zero attached hydrogens (tertiary/aromatic N) is 2. The minimum atomic E-state index is -0.389. The van der Waals surface area contributed by atoms with E-state index in [9.17, 15) is 9.59 Å². The molecule has 0 radical (unpaired) electrons. The van der Waals surface area contributed by atoms with Crippen molar-refractivity contribution in [3.05, 3.63) is 75.3 Å². The highest BCUT2D eigenvalue weighted by molar-refractivity contribution is 8.00. The molecule has 134 valence electrons. The lowest BCUT2D eigenvalue weighted by Gasteiger charge is -2.12. The van der Waals surface area contributed by atoms with Gasteiger partial charge in [0.25, 0.3) is 5.56 Å². The third-order valence-corrected chi connectivity index (χ3v) is 5.10. The van der Waals surface area contributed by atoms with Gasteiger partial charge in [0.1, 0.15) is 17.5 Å². The van der Waals surface area contributed by atoms with Crippen molar-refractivity contribution in [3.63, 3.8) is 0 Å². The van der Waals surface area contributed by atoms with Crippen molar-refractivity contribution in [2.45, 2.75) is 30.6 Å². The highest BCUT2D eigenvalue weighted by Gasteiger charge is 2.17. The number of carbonyl (C=O) groups excluding carboxylic acids is 1. The largest absolute Gasteiger partial charge is 0.458 e. The number of aromatic nitrogens is 2. The summed E-state index contributed by atoms with van der Waals surface area (Å²) in [6, 6.07) is 14.1. The molecule has 0 aliphatic rings. The average molecular weight is 389 g/mol. The Labute approximate surface area is 160 Å². The molecule has 3 aromatic rings. The quantitative estimate of drug-likeness (QED) is 0.490. The second-order valence-corrected chi connectivity index (χ2v) is 7.62. The minimum Gasteiger partial charge on any atom is -0.458 e. The van der Waals surface area contributed by atoms with Gasteiger partial charge in [0.15, 0.2) is 0 Å². The molecule has 2 heterocycles. The lowest BCUT2D eigenvalue weighted by molar-refractivity contribution is -0.144. The molecule has 7 heteroatoms. The van der Waals surface area contributed by atoms with Crippen LogP contribution in [0.25, 0.3) is 5.65 Å². The number of thioether (sulfide) groups is 1. The second-order valence-electron chi connectivity index (χ2n) is 5.77. The van der Waals surface area contributed by atoms with Crippen LogP contribution < -0.4 is 5.56 Å². The van der Waals surface area contributed by atoms with Crippen LogP contribution in [0.5, 0.6) is 0 Å². The number of rotatable bonds is 5. The monoisotopic (exact) mass is 388 g/mol. The molecule has 0 amide bonds. The molecule has 0 aliphatic carbocycles. The molecular formula is C19H17ClN2O3S. The topological polar surface area (TPSA) is 60.7 Å². The molecule has 3 rings (SSSR count). The molecule has 1 aromatic carbocycles. The van der Waals surface area contributed by atoms with Crippen LogP contribution in [0.15, 0.2) is 58.2 Å². The zero-order chi connectivity index (χ0) is 18.7. The number of esters is 1. The third kappa shape index (κ3) is 4.26. The number of aryl methyl sites for hydroxylation is 1. The van der Waals surface area contributed by atoms with Crippen molar-refractivity contribution in [1.82, 2.24) is 9.38 Å². The maximum Gasteiger partial charge on any atom is 0.319 e. The van der Waals surface area contributed by atoms with Gasteiger partial charge in [-0.15, -0.1) is 11.8 Å². The number of hydrogen-bond donors (Lipinski definition) is 0. The van der Waals surface area contributed by atoms with E-state index in [1.54, 1.807) is 25.1 Å². The fourth-order valence-electron chi connectivity index (χ4n) is 2.47. The second kappa shape index (κ2) is 7.93. The molecule has 2 aromatic heterocycles. The van der Waals surface area contributed by atoms with Crippen molar-refractivity contribution in [3.8, 4) is 0 Å². The summed E-state index contributed by atoms with van der Waals surface area (Å²) in [6.45, 7) is 3.57. The summed E-state index contributed by atoms with van der Waals surface area (Å²) in [6.07, 6.45) is 0. The van der Waals surface area contributed by atoms with E-state index in [1.165, 1.54) is 22.2 Å². The fraction of sp³-hybridized carbons (Fsp3) is 0.211. The predicted octanol–water partition coefficient (Wildman–Crippen LogP) is 3.88. The first-order chi connectivity index (χ1) is 12.4. The Morgan fingerprint density at radius 2 is 2.00 bits per heavy atom. The first-order valence-corrected chi connectivity index (χ1v) is 9.27. The number of pyridine rings is 1. The SMILES string of the molecule is Cc1cccc2nc(COC(=O)[C@@H](C)Sc3ccc(Cl)cc3)cc(=O)n12. The van der Waals surface area contributed by atoms with E-state index in [0.717, 1.165) is 10.6 Å². The first kappa shape index (κ1) is 18.5. The summed E-state index contributed by atoms with van der Waals surface area (Å²) >= 11 is 7.24. The van der Waals surface area contributed by atoms with Gasteiger partial charge < -0.3 is 4.74 Å². The molecule has 0 N–H and O–H groups in total. The standard InChI is InChI=1S/C19H17ClN2O3S/c1-12-4-3-5-17-21-15(10-18(23)22(12)17)11-25-19(24)13(2)26-16-8-6-14(20)7-9-16/h3-10,13H,11H2,1-2H3/t13-/m1/s1. The van der Waals surface area contributed by atoms with Gasteiger partial charge >= 0.3 is 5.97 Å². The van der Waals surface area contributed by atoms with Gasteiger partial charge in [0.2, 0.25) is 0 Å². The van der Waals surface area contributed by atoms with Crippen molar-refractivity contribution in [1.29, 1.82) is 0 Å². The van der Waals surface area contributed by atoms with E-state index in [4.69, 9.17) is 16.3 Å². The maximum atomic E-state index is 12.2. The van der Waals surface area contributed by atoms with Crippen LogP contribution in [0.3, 0.4) is 0 Å². The Hall–Kier alpha value is -2.31. The van der Waals surface area contributed by atoms with E-state index < -0.39 is 0 Å². The first-order valence-electron chi connectivity index (χ1n) is 8.01. The number of carbonyl (C=O) groups is 1. The Kier molecular flexibility index (Phi) is 5.64. The molecule has 0 unspecified atom stereocenters. The molecule has 0 fully saturated rings. The smallest absolute Gasteiger partial charge is 0.319 e. The Balaban J connectivity index is 1.66. The van der Waals surface area contributed by atoms with Gasteiger partial charge in [-0.05, 0) is 50.2 Å². The van der Waals surface area contributed by atoms with Crippen LogP contribution in [-0.4, -0.2) is 20.6 Å². The normalized spacial score (nSPS) is 12.1. The highest BCUT2D eigenvalue weighted by atomic mass is 35.5. The Morgan fingerprint density at radius 3 is 2.73 bits per heavy atom.